The van der Waals surface area contributed by atoms with E-state index in [2.05, 4.69) is 15.5 Å². The molecule has 0 spiro atoms. The van der Waals surface area contributed by atoms with Crippen LogP contribution in [0.5, 0.6) is 5.75 Å². The molecule has 1 fully saturated rings. The molecule has 0 saturated carbocycles. The zero-order valence-corrected chi connectivity index (χ0v) is 17.0. The third kappa shape index (κ3) is 4.71. The van der Waals surface area contributed by atoms with Crippen molar-refractivity contribution in [1.29, 1.82) is 0 Å². The lowest BCUT2D eigenvalue weighted by Gasteiger charge is -2.13. The third-order valence-electron chi connectivity index (χ3n) is 3.63. The fourth-order valence-electron chi connectivity index (χ4n) is 2.36. The van der Waals surface area contributed by atoms with E-state index in [4.69, 9.17) is 17.0 Å². The number of para-hydroxylation sites is 1. The summed E-state index contributed by atoms with van der Waals surface area (Å²) in [6.45, 7) is 2.01. The number of aryl methyl sites for hydroxylation is 1. The number of hydrogen-bond donors (Lipinski definition) is 1. The number of rotatable bonds is 6. The molecule has 1 aromatic heterocycles. The molecule has 0 radical (unpaired) electrons. The number of carbonyl (C=O) groups is 2. The molecule has 1 aliphatic heterocycles. The van der Waals surface area contributed by atoms with Crippen molar-refractivity contribution < 1.29 is 14.3 Å². The predicted octanol–water partition coefficient (Wildman–Crippen LogP) is 3.09. The van der Waals surface area contributed by atoms with Crippen LogP contribution < -0.4 is 10.1 Å². The van der Waals surface area contributed by atoms with Crippen LogP contribution in [0.1, 0.15) is 17.0 Å². The molecular formula is C17H16N4O3S3. The summed E-state index contributed by atoms with van der Waals surface area (Å²) >= 11 is 7.81. The van der Waals surface area contributed by atoms with Crippen LogP contribution in [0.2, 0.25) is 0 Å². The first-order valence-electron chi connectivity index (χ1n) is 7.96. The van der Waals surface area contributed by atoms with Gasteiger partial charge in [-0.1, -0.05) is 53.5 Å². The van der Waals surface area contributed by atoms with E-state index in [9.17, 15) is 9.59 Å². The molecule has 2 heterocycles. The highest BCUT2D eigenvalue weighted by molar-refractivity contribution is 8.26. The van der Waals surface area contributed by atoms with E-state index in [-0.39, 0.29) is 24.8 Å². The third-order valence-corrected chi connectivity index (χ3v) is 5.77. The fraction of sp³-hybridized carbons (Fsp3) is 0.235. The van der Waals surface area contributed by atoms with Crippen molar-refractivity contribution in [2.24, 2.45) is 0 Å². The summed E-state index contributed by atoms with van der Waals surface area (Å²) in [7, 11) is 1.58. The van der Waals surface area contributed by atoms with Crippen molar-refractivity contribution in [1.82, 2.24) is 15.1 Å². The molecule has 0 atom stereocenters. The average molecular weight is 421 g/mol. The smallest absolute Gasteiger partial charge is 0.266 e. The minimum absolute atomic E-state index is 0.118. The van der Waals surface area contributed by atoms with Gasteiger partial charge in [0.05, 0.1) is 12.0 Å². The van der Waals surface area contributed by atoms with Crippen molar-refractivity contribution in [3.8, 4) is 5.75 Å². The van der Waals surface area contributed by atoms with Gasteiger partial charge in [0.25, 0.3) is 5.91 Å². The maximum atomic E-state index is 12.7. The van der Waals surface area contributed by atoms with Gasteiger partial charge in [-0.3, -0.25) is 14.5 Å². The van der Waals surface area contributed by atoms with Crippen molar-refractivity contribution >= 4 is 62.7 Å². The second-order valence-electron chi connectivity index (χ2n) is 5.50. The van der Waals surface area contributed by atoms with E-state index >= 15 is 0 Å². The van der Waals surface area contributed by atoms with Gasteiger partial charge in [0, 0.05) is 18.5 Å². The van der Waals surface area contributed by atoms with Crippen LogP contribution in [-0.4, -0.2) is 44.9 Å². The summed E-state index contributed by atoms with van der Waals surface area (Å²) in [6.07, 6.45) is 1.87. The van der Waals surface area contributed by atoms with Gasteiger partial charge in [0.2, 0.25) is 11.0 Å². The first-order chi connectivity index (χ1) is 13.0. The van der Waals surface area contributed by atoms with Crippen LogP contribution >= 0.6 is 35.3 Å². The molecule has 1 aromatic carbocycles. The number of benzene rings is 1. The lowest BCUT2D eigenvalue weighted by Crippen LogP contribution is -2.31. The van der Waals surface area contributed by atoms with Gasteiger partial charge in [0.1, 0.15) is 15.1 Å². The number of anilines is 1. The molecule has 1 N–H and O–H groups in total. The number of methoxy groups -OCH3 is 1. The Hall–Kier alpha value is -2.30. The number of carbonyl (C=O) groups excluding carboxylic acids is 2. The van der Waals surface area contributed by atoms with E-state index < -0.39 is 0 Å². The maximum absolute atomic E-state index is 12.7. The lowest BCUT2D eigenvalue weighted by atomic mass is 10.2. The van der Waals surface area contributed by atoms with Gasteiger partial charge in [0.15, 0.2) is 0 Å². The summed E-state index contributed by atoms with van der Waals surface area (Å²) in [5.74, 6) is 0.221. The Labute approximate surface area is 169 Å². The largest absolute Gasteiger partial charge is 0.496 e. The molecule has 10 heteroatoms. The molecular weight excluding hydrogens is 404 g/mol. The van der Waals surface area contributed by atoms with E-state index in [1.165, 1.54) is 28.0 Å². The Morgan fingerprint density at radius 3 is 2.85 bits per heavy atom. The van der Waals surface area contributed by atoms with Gasteiger partial charge >= 0.3 is 0 Å². The molecule has 0 aliphatic carbocycles. The molecule has 1 aliphatic rings. The minimum Gasteiger partial charge on any atom is -0.496 e. The summed E-state index contributed by atoms with van der Waals surface area (Å²) in [4.78, 5) is 26.6. The molecule has 27 heavy (non-hydrogen) atoms. The van der Waals surface area contributed by atoms with Crippen LogP contribution in [0.4, 0.5) is 5.13 Å². The van der Waals surface area contributed by atoms with Gasteiger partial charge < -0.3 is 10.1 Å². The SMILES string of the molecule is COc1ccccc1C=C1SC(=S)N(CCC(=O)Nc2nnc(C)s2)C1=O. The zero-order valence-electron chi connectivity index (χ0n) is 14.6. The highest BCUT2D eigenvalue weighted by Gasteiger charge is 2.32. The van der Waals surface area contributed by atoms with Crippen molar-refractivity contribution in [3.05, 3.63) is 39.7 Å². The number of nitrogens with one attached hydrogen (secondary N) is 1. The Morgan fingerprint density at radius 2 is 2.15 bits per heavy atom. The number of amides is 2. The van der Waals surface area contributed by atoms with Crippen molar-refractivity contribution in [2.75, 3.05) is 19.0 Å². The minimum atomic E-state index is -0.242. The van der Waals surface area contributed by atoms with Gasteiger partial charge in [-0.05, 0) is 19.1 Å². The number of aromatic nitrogens is 2. The van der Waals surface area contributed by atoms with Crippen LogP contribution in [0, 0.1) is 6.92 Å². The summed E-state index contributed by atoms with van der Waals surface area (Å²) in [6, 6.07) is 7.42. The van der Waals surface area contributed by atoms with E-state index in [1.54, 1.807) is 13.2 Å². The Morgan fingerprint density at radius 1 is 1.37 bits per heavy atom. The summed E-state index contributed by atoms with van der Waals surface area (Å²) in [5, 5.41) is 11.6. The summed E-state index contributed by atoms with van der Waals surface area (Å²) in [5.41, 5.74) is 0.796. The first kappa shape index (κ1) is 19.5. The molecule has 0 bridgehead atoms. The number of thiocarbonyl (C=S) groups is 1. The highest BCUT2D eigenvalue weighted by atomic mass is 32.2. The monoisotopic (exact) mass is 420 g/mol. The second-order valence-corrected chi connectivity index (χ2v) is 8.36. The topological polar surface area (TPSA) is 84.4 Å². The second kappa shape index (κ2) is 8.59. The number of ether oxygens (including phenoxy) is 1. The van der Waals surface area contributed by atoms with Gasteiger partial charge in [-0.2, -0.15) is 0 Å². The summed E-state index contributed by atoms with van der Waals surface area (Å²) < 4.78 is 5.74. The Kier molecular flexibility index (Phi) is 6.19. The standard InChI is InChI=1S/C17H16N4O3S3/c1-10-19-20-16(26-10)18-14(22)7-8-21-15(23)13(27-17(21)25)9-11-5-3-4-6-12(11)24-2/h3-6,9H,7-8H2,1-2H3,(H,18,20,22). The van der Waals surface area contributed by atoms with Crippen molar-refractivity contribution in [3.63, 3.8) is 0 Å². The van der Waals surface area contributed by atoms with Crippen molar-refractivity contribution in [2.45, 2.75) is 13.3 Å². The van der Waals surface area contributed by atoms with Crippen LogP contribution in [0.25, 0.3) is 6.08 Å². The Bertz CT molecular complexity index is 926. The lowest BCUT2D eigenvalue weighted by molar-refractivity contribution is -0.122. The predicted molar refractivity (Wildman–Crippen MR) is 111 cm³/mol. The fourth-order valence-corrected chi connectivity index (χ4v) is 4.27. The molecule has 2 amide bonds. The van der Waals surface area contributed by atoms with E-state index in [1.807, 2.05) is 31.2 Å². The molecule has 3 rings (SSSR count). The number of thioether (sulfide) groups is 1. The normalized spacial score (nSPS) is 15.5. The van der Waals surface area contributed by atoms with Crippen LogP contribution in [-0.2, 0) is 9.59 Å². The average Bonchev–Trinajstić information content (AvgIpc) is 3.16. The number of hydrogen-bond acceptors (Lipinski definition) is 8. The quantitative estimate of drug-likeness (QED) is 0.568. The molecule has 1 saturated heterocycles. The van der Waals surface area contributed by atoms with Crippen LogP contribution in [0.3, 0.4) is 0 Å². The molecule has 140 valence electrons. The van der Waals surface area contributed by atoms with Crippen LogP contribution in [0.15, 0.2) is 29.2 Å². The number of nitrogens with zero attached hydrogens (tertiary/aromatic N) is 3. The van der Waals surface area contributed by atoms with Gasteiger partial charge in [-0.25, -0.2) is 0 Å². The van der Waals surface area contributed by atoms with E-state index in [0.717, 1.165) is 10.6 Å². The molecule has 0 unspecified atom stereocenters. The maximum Gasteiger partial charge on any atom is 0.266 e. The van der Waals surface area contributed by atoms with E-state index in [0.29, 0.717) is 20.1 Å². The molecule has 7 nitrogen and oxygen atoms in total. The molecule has 2 aromatic rings. The van der Waals surface area contributed by atoms with Gasteiger partial charge in [-0.15, -0.1) is 10.2 Å². The highest BCUT2D eigenvalue weighted by Crippen LogP contribution is 2.34. The Balaban J connectivity index is 1.64. The zero-order chi connectivity index (χ0) is 19.4. The first-order valence-corrected chi connectivity index (χ1v) is 10.0.